The van der Waals surface area contributed by atoms with Gasteiger partial charge in [-0.25, -0.2) is 13.4 Å². The number of thiazole rings is 1. The van der Waals surface area contributed by atoms with E-state index in [1.807, 2.05) is 6.92 Å². The summed E-state index contributed by atoms with van der Waals surface area (Å²) >= 11 is 1.57. The molecule has 2 rings (SSSR count). The summed E-state index contributed by atoms with van der Waals surface area (Å²) in [5.41, 5.74) is 6.58. The zero-order chi connectivity index (χ0) is 12.5. The summed E-state index contributed by atoms with van der Waals surface area (Å²) < 4.78 is 23.0. The molecule has 2 heterocycles. The molecule has 5 nitrogen and oxygen atoms in total. The van der Waals surface area contributed by atoms with Gasteiger partial charge in [-0.1, -0.05) is 0 Å². The maximum absolute atomic E-state index is 11.5. The molecular weight excluding hydrogens is 258 g/mol. The zero-order valence-corrected chi connectivity index (χ0v) is 11.5. The second kappa shape index (κ2) is 4.91. The molecule has 0 aromatic carbocycles. The van der Waals surface area contributed by atoms with E-state index in [9.17, 15) is 8.42 Å². The van der Waals surface area contributed by atoms with Crippen LogP contribution in [0.25, 0.3) is 0 Å². The van der Waals surface area contributed by atoms with Gasteiger partial charge in [0.2, 0.25) is 0 Å². The Bertz CT molecular complexity index is 496. The molecule has 0 saturated carbocycles. The second-order valence-electron chi connectivity index (χ2n) is 4.20. The molecule has 0 unspecified atom stereocenters. The molecule has 1 aliphatic rings. The van der Waals surface area contributed by atoms with Crippen molar-refractivity contribution in [2.75, 3.05) is 29.5 Å². The first-order valence-corrected chi connectivity index (χ1v) is 8.27. The van der Waals surface area contributed by atoms with Gasteiger partial charge in [0.05, 0.1) is 17.2 Å². The van der Waals surface area contributed by atoms with Crippen LogP contribution in [0.5, 0.6) is 0 Å². The van der Waals surface area contributed by atoms with Gasteiger partial charge in [0.1, 0.15) is 0 Å². The Labute approximate surface area is 106 Å². The number of nitrogens with two attached hydrogens (primary N) is 1. The summed E-state index contributed by atoms with van der Waals surface area (Å²) in [5, 5.41) is 0.903. The number of anilines is 1. The van der Waals surface area contributed by atoms with E-state index in [0.29, 0.717) is 19.5 Å². The Morgan fingerprint density at radius 2 is 2.18 bits per heavy atom. The van der Waals surface area contributed by atoms with Crippen molar-refractivity contribution in [2.24, 2.45) is 5.73 Å². The lowest BCUT2D eigenvalue weighted by Gasteiger charge is -2.17. The molecule has 1 fully saturated rings. The molecule has 0 bridgehead atoms. The van der Waals surface area contributed by atoms with Crippen LogP contribution in [0.1, 0.15) is 17.0 Å². The lowest BCUT2D eigenvalue weighted by molar-refractivity contribution is 0.597. The van der Waals surface area contributed by atoms with Gasteiger partial charge in [0.25, 0.3) is 0 Å². The normalized spacial score (nSPS) is 20.2. The molecular formula is C10H17N3O2S2. The van der Waals surface area contributed by atoms with E-state index in [1.54, 1.807) is 11.3 Å². The summed E-state index contributed by atoms with van der Waals surface area (Å²) in [4.78, 5) is 7.60. The molecule has 0 amide bonds. The number of rotatable bonds is 2. The van der Waals surface area contributed by atoms with Gasteiger partial charge < -0.3 is 10.6 Å². The van der Waals surface area contributed by atoms with Crippen molar-refractivity contribution in [2.45, 2.75) is 19.9 Å². The molecule has 7 heteroatoms. The number of nitrogens with zero attached hydrogens (tertiary/aromatic N) is 2. The van der Waals surface area contributed by atoms with Crippen LogP contribution >= 0.6 is 11.3 Å². The van der Waals surface area contributed by atoms with Crippen LogP contribution in [0.3, 0.4) is 0 Å². The summed E-state index contributed by atoms with van der Waals surface area (Å²) in [6.07, 6.45) is 0.679. The standard InChI is InChI=1S/C10H17N3O2S2/c1-8-9(7-11)16-10(12-8)13-3-2-5-17(14,15)6-4-13/h2-7,11H2,1H3. The van der Waals surface area contributed by atoms with E-state index < -0.39 is 9.84 Å². The predicted molar refractivity (Wildman–Crippen MR) is 70.2 cm³/mol. The topological polar surface area (TPSA) is 76.3 Å². The van der Waals surface area contributed by atoms with Crippen molar-refractivity contribution in [3.63, 3.8) is 0 Å². The van der Waals surface area contributed by atoms with Crippen molar-refractivity contribution in [1.29, 1.82) is 0 Å². The van der Waals surface area contributed by atoms with E-state index in [2.05, 4.69) is 9.88 Å². The Balaban J connectivity index is 2.16. The fraction of sp³-hybridized carbons (Fsp3) is 0.700. The van der Waals surface area contributed by atoms with E-state index >= 15 is 0 Å². The quantitative estimate of drug-likeness (QED) is 0.852. The SMILES string of the molecule is Cc1nc(N2CCCS(=O)(=O)CC2)sc1CN. The monoisotopic (exact) mass is 275 g/mol. The third-order valence-electron chi connectivity index (χ3n) is 2.89. The Kier molecular flexibility index (Phi) is 3.70. The molecule has 1 aliphatic heterocycles. The Hall–Kier alpha value is -0.660. The summed E-state index contributed by atoms with van der Waals surface area (Å²) in [6, 6.07) is 0. The van der Waals surface area contributed by atoms with Gasteiger partial charge in [0, 0.05) is 24.5 Å². The minimum absolute atomic E-state index is 0.226. The van der Waals surface area contributed by atoms with Crippen molar-refractivity contribution in [1.82, 2.24) is 4.98 Å². The average Bonchev–Trinajstić information content (AvgIpc) is 2.54. The van der Waals surface area contributed by atoms with E-state index in [0.717, 1.165) is 22.2 Å². The largest absolute Gasteiger partial charge is 0.347 e. The van der Waals surface area contributed by atoms with Crippen LogP contribution in [-0.2, 0) is 16.4 Å². The fourth-order valence-electron chi connectivity index (χ4n) is 1.87. The number of hydrogen-bond donors (Lipinski definition) is 1. The van der Waals surface area contributed by atoms with Crippen molar-refractivity contribution in [3.05, 3.63) is 10.6 Å². The highest BCUT2D eigenvalue weighted by atomic mass is 32.2. The molecule has 0 radical (unpaired) electrons. The molecule has 0 aliphatic carbocycles. The minimum atomic E-state index is -2.86. The second-order valence-corrected chi connectivity index (χ2v) is 7.57. The molecule has 96 valence electrons. The highest BCUT2D eigenvalue weighted by Gasteiger charge is 2.21. The molecule has 0 spiro atoms. The van der Waals surface area contributed by atoms with Crippen LogP contribution in [0, 0.1) is 6.92 Å². The first-order chi connectivity index (χ1) is 8.02. The number of aromatic nitrogens is 1. The van der Waals surface area contributed by atoms with Crippen LogP contribution in [0.4, 0.5) is 5.13 Å². The summed E-state index contributed by atoms with van der Waals surface area (Å²) in [5.74, 6) is 0.515. The molecule has 1 saturated heterocycles. The summed E-state index contributed by atoms with van der Waals surface area (Å²) in [6.45, 7) is 3.74. The number of sulfone groups is 1. The van der Waals surface area contributed by atoms with Crippen LogP contribution in [0.2, 0.25) is 0 Å². The number of hydrogen-bond acceptors (Lipinski definition) is 6. The van der Waals surface area contributed by atoms with Gasteiger partial charge in [-0.2, -0.15) is 0 Å². The van der Waals surface area contributed by atoms with Gasteiger partial charge in [-0.15, -0.1) is 11.3 Å². The highest BCUT2D eigenvalue weighted by Crippen LogP contribution is 2.26. The van der Waals surface area contributed by atoms with Crippen LogP contribution in [0.15, 0.2) is 0 Å². The van der Waals surface area contributed by atoms with E-state index in [4.69, 9.17) is 5.73 Å². The van der Waals surface area contributed by atoms with Crippen LogP contribution < -0.4 is 10.6 Å². The molecule has 0 atom stereocenters. The summed E-state index contributed by atoms with van der Waals surface area (Å²) in [7, 11) is -2.86. The van der Waals surface area contributed by atoms with Gasteiger partial charge >= 0.3 is 0 Å². The molecule has 1 aromatic heterocycles. The zero-order valence-electron chi connectivity index (χ0n) is 9.85. The van der Waals surface area contributed by atoms with Crippen LogP contribution in [-0.4, -0.2) is 38.0 Å². The predicted octanol–water partition coefficient (Wildman–Crippen LogP) is 0.535. The fourth-order valence-corrected chi connectivity index (χ4v) is 4.13. The number of aryl methyl sites for hydroxylation is 1. The highest BCUT2D eigenvalue weighted by molar-refractivity contribution is 7.91. The van der Waals surface area contributed by atoms with E-state index in [1.165, 1.54) is 0 Å². The molecule has 2 N–H and O–H groups in total. The first kappa shape index (κ1) is 12.8. The minimum Gasteiger partial charge on any atom is -0.347 e. The smallest absolute Gasteiger partial charge is 0.185 e. The van der Waals surface area contributed by atoms with Gasteiger partial charge in [-0.05, 0) is 13.3 Å². The van der Waals surface area contributed by atoms with Crippen molar-refractivity contribution < 1.29 is 8.42 Å². The molecule has 17 heavy (non-hydrogen) atoms. The van der Waals surface area contributed by atoms with E-state index in [-0.39, 0.29) is 11.5 Å². The molecule has 1 aromatic rings. The van der Waals surface area contributed by atoms with Crippen molar-refractivity contribution in [3.8, 4) is 0 Å². The Morgan fingerprint density at radius 1 is 1.41 bits per heavy atom. The van der Waals surface area contributed by atoms with Gasteiger partial charge in [-0.3, -0.25) is 0 Å². The van der Waals surface area contributed by atoms with Gasteiger partial charge in [0.15, 0.2) is 15.0 Å². The maximum Gasteiger partial charge on any atom is 0.185 e. The lowest BCUT2D eigenvalue weighted by Crippen LogP contribution is -2.26. The lowest BCUT2D eigenvalue weighted by atomic mass is 10.4. The maximum atomic E-state index is 11.5. The third kappa shape index (κ3) is 2.97. The first-order valence-electron chi connectivity index (χ1n) is 5.63. The Morgan fingerprint density at radius 3 is 2.82 bits per heavy atom. The van der Waals surface area contributed by atoms with Crippen molar-refractivity contribution >= 4 is 26.3 Å². The third-order valence-corrected chi connectivity index (χ3v) is 5.85. The average molecular weight is 275 g/mol.